The summed E-state index contributed by atoms with van der Waals surface area (Å²) in [5, 5.41) is 0. The van der Waals surface area contributed by atoms with E-state index in [4.69, 9.17) is 22.1 Å². The van der Waals surface area contributed by atoms with Crippen LogP contribution in [0.4, 0.5) is 0 Å². The SMILES string of the molecule is NCC(OCc1ccc(Br)cc1)c1ccc(Cl)s1. The summed E-state index contributed by atoms with van der Waals surface area (Å²) in [5.41, 5.74) is 6.86. The molecule has 1 aromatic heterocycles. The third-order valence-corrected chi connectivity index (χ3v) is 4.34. The van der Waals surface area contributed by atoms with Crippen LogP contribution >= 0.6 is 38.9 Å². The van der Waals surface area contributed by atoms with E-state index in [9.17, 15) is 0 Å². The van der Waals surface area contributed by atoms with Crippen LogP contribution in [-0.4, -0.2) is 6.54 Å². The Morgan fingerprint density at radius 1 is 1.22 bits per heavy atom. The standard InChI is InChI=1S/C13H13BrClNOS/c14-10-3-1-9(2-4-10)8-17-11(7-16)12-5-6-13(15)18-12/h1-6,11H,7-8,16H2. The molecule has 0 saturated heterocycles. The molecule has 1 atom stereocenters. The van der Waals surface area contributed by atoms with Crippen molar-refractivity contribution < 1.29 is 4.74 Å². The average Bonchev–Trinajstić information content (AvgIpc) is 2.79. The molecule has 0 bridgehead atoms. The topological polar surface area (TPSA) is 35.2 Å². The molecule has 1 heterocycles. The maximum absolute atomic E-state index is 5.91. The zero-order chi connectivity index (χ0) is 13.0. The van der Waals surface area contributed by atoms with Gasteiger partial charge in [0.15, 0.2) is 0 Å². The van der Waals surface area contributed by atoms with E-state index < -0.39 is 0 Å². The number of nitrogens with two attached hydrogens (primary N) is 1. The molecule has 0 fully saturated rings. The fourth-order valence-corrected chi connectivity index (χ4v) is 2.93. The summed E-state index contributed by atoms with van der Waals surface area (Å²) < 4.78 is 7.65. The van der Waals surface area contributed by atoms with Crippen molar-refractivity contribution in [3.8, 4) is 0 Å². The van der Waals surface area contributed by atoms with Gasteiger partial charge in [0.25, 0.3) is 0 Å². The van der Waals surface area contributed by atoms with Crippen LogP contribution < -0.4 is 5.73 Å². The second-order valence-electron chi connectivity index (χ2n) is 3.80. The maximum atomic E-state index is 5.91. The van der Waals surface area contributed by atoms with Gasteiger partial charge in [0.1, 0.15) is 6.10 Å². The highest BCUT2D eigenvalue weighted by Crippen LogP contribution is 2.29. The molecule has 2 nitrogen and oxygen atoms in total. The summed E-state index contributed by atoms with van der Waals surface area (Å²) in [5.74, 6) is 0. The van der Waals surface area contributed by atoms with Gasteiger partial charge < -0.3 is 10.5 Å². The summed E-state index contributed by atoms with van der Waals surface area (Å²) in [4.78, 5) is 1.07. The predicted octanol–water partition coefficient (Wildman–Crippen LogP) is 4.38. The highest BCUT2D eigenvalue weighted by molar-refractivity contribution is 9.10. The lowest BCUT2D eigenvalue weighted by Crippen LogP contribution is -2.14. The molecule has 5 heteroatoms. The van der Waals surface area contributed by atoms with E-state index in [-0.39, 0.29) is 6.10 Å². The fourth-order valence-electron chi connectivity index (χ4n) is 1.55. The quantitative estimate of drug-likeness (QED) is 0.872. The van der Waals surface area contributed by atoms with Gasteiger partial charge in [-0.1, -0.05) is 39.7 Å². The minimum Gasteiger partial charge on any atom is -0.367 e. The Bertz CT molecular complexity index is 500. The molecule has 2 rings (SSSR count). The van der Waals surface area contributed by atoms with Gasteiger partial charge in [0, 0.05) is 15.9 Å². The lowest BCUT2D eigenvalue weighted by Gasteiger charge is -2.14. The molecule has 2 N–H and O–H groups in total. The number of ether oxygens (including phenoxy) is 1. The second-order valence-corrected chi connectivity index (χ2v) is 6.47. The molecule has 0 aliphatic carbocycles. The van der Waals surface area contributed by atoms with Crippen molar-refractivity contribution in [3.05, 3.63) is 55.6 Å². The van der Waals surface area contributed by atoms with Crippen molar-refractivity contribution in [2.45, 2.75) is 12.7 Å². The molecule has 18 heavy (non-hydrogen) atoms. The van der Waals surface area contributed by atoms with E-state index in [1.807, 2.05) is 36.4 Å². The van der Waals surface area contributed by atoms with Crippen LogP contribution in [0.1, 0.15) is 16.5 Å². The Labute approximate surface area is 124 Å². The monoisotopic (exact) mass is 345 g/mol. The van der Waals surface area contributed by atoms with Crippen LogP contribution in [0.2, 0.25) is 4.34 Å². The summed E-state index contributed by atoms with van der Waals surface area (Å²) in [6.45, 7) is 0.998. The molecule has 2 aromatic rings. The van der Waals surface area contributed by atoms with Gasteiger partial charge in [-0.15, -0.1) is 11.3 Å². The number of hydrogen-bond acceptors (Lipinski definition) is 3. The lowest BCUT2D eigenvalue weighted by atomic mass is 10.2. The highest BCUT2D eigenvalue weighted by atomic mass is 79.9. The Kier molecular flexibility index (Phi) is 5.21. The highest BCUT2D eigenvalue weighted by Gasteiger charge is 2.12. The normalized spacial score (nSPS) is 12.6. The van der Waals surface area contributed by atoms with Gasteiger partial charge in [-0.3, -0.25) is 0 Å². The minimum absolute atomic E-state index is 0.0915. The van der Waals surface area contributed by atoms with E-state index in [0.717, 1.165) is 19.2 Å². The van der Waals surface area contributed by atoms with Crippen LogP contribution in [-0.2, 0) is 11.3 Å². The van der Waals surface area contributed by atoms with Gasteiger partial charge in [-0.2, -0.15) is 0 Å². The van der Waals surface area contributed by atoms with Gasteiger partial charge in [-0.05, 0) is 29.8 Å². The van der Waals surface area contributed by atoms with Crippen molar-refractivity contribution in [2.75, 3.05) is 6.54 Å². The summed E-state index contributed by atoms with van der Waals surface area (Å²) in [6, 6.07) is 11.9. The Hall–Kier alpha value is -0.390. The molecular weight excluding hydrogens is 334 g/mol. The molecule has 0 amide bonds. The van der Waals surface area contributed by atoms with E-state index >= 15 is 0 Å². The van der Waals surface area contributed by atoms with Crippen LogP contribution in [0.25, 0.3) is 0 Å². The summed E-state index contributed by atoms with van der Waals surface area (Å²) in [6.07, 6.45) is -0.0915. The Morgan fingerprint density at radius 2 is 1.94 bits per heavy atom. The largest absolute Gasteiger partial charge is 0.367 e. The zero-order valence-corrected chi connectivity index (χ0v) is 12.8. The van der Waals surface area contributed by atoms with Crippen molar-refractivity contribution >= 4 is 38.9 Å². The Balaban J connectivity index is 1.97. The first kappa shape index (κ1) is 14.0. The third kappa shape index (κ3) is 3.80. The van der Waals surface area contributed by atoms with Crippen molar-refractivity contribution in [1.82, 2.24) is 0 Å². The molecule has 0 spiro atoms. The summed E-state index contributed by atoms with van der Waals surface area (Å²) >= 11 is 10.8. The van der Waals surface area contributed by atoms with E-state index in [1.54, 1.807) is 0 Å². The number of thiophene rings is 1. The van der Waals surface area contributed by atoms with Crippen molar-refractivity contribution in [1.29, 1.82) is 0 Å². The molecule has 0 aliphatic heterocycles. The molecule has 0 saturated carbocycles. The first-order chi connectivity index (χ1) is 8.69. The van der Waals surface area contributed by atoms with Crippen molar-refractivity contribution in [2.24, 2.45) is 5.73 Å². The van der Waals surface area contributed by atoms with Gasteiger partial charge >= 0.3 is 0 Å². The number of rotatable bonds is 5. The summed E-state index contributed by atoms with van der Waals surface area (Å²) in [7, 11) is 0. The Morgan fingerprint density at radius 3 is 2.50 bits per heavy atom. The third-order valence-electron chi connectivity index (χ3n) is 2.49. The van der Waals surface area contributed by atoms with Crippen molar-refractivity contribution in [3.63, 3.8) is 0 Å². The first-order valence-corrected chi connectivity index (χ1v) is 7.49. The van der Waals surface area contributed by atoms with Crippen LogP contribution in [0.5, 0.6) is 0 Å². The smallest absolute Gasteiger partial charge is 0.104 e. The predicted molar refractivity (Wildman–Crippen MR) is 80.1 cm³/mol. The zero-order valence-electron chi connectivity index (χ0n) is 9.61. The molecule has 1 aromatic carbocycles. The van der Waals surface area contributed by atoms with E-state index in [0.29, 0.717) is 13.2 Å². The fraction of sp³-hybridized carbons (Fsp3) is 0.231. The van der Waals surface area contributed by atoms with Crippen LogP contribution in [0, 0.1) is 0 Å². The van der Waals surface area contributed by atoms with Gasteiger partial charge in [-0.25, -0.2) is 0 Å². The molecule has 96 valence electrons. The lowest BCUT2D eigenvalue weighted by molar-refractivity contribution is 0.0480. The van der Waals surface area contributed by atoms with Crippen LogP contribution in [0.3, 0.4) is 0 Å². The van der Waals surface area contributed by atoms with Gasteiger partial charge in [0.05, 0.1) is 10.9 Å². The van der Waals surface area contributed by atoms with E-state index in [2.05, 4.69) is 15.9 Å². The van der Waals surface area contributed by atoms with Crippen LogP contribution in [0.15, 0.2) is 40.9 Å². The number of benzene rings is 1. The van der Waals surface area contributed by atoms with E-state index in [1.165, 1.54) is 11.3 Å². The minimum atomic E-state index is -0.0915. The molecule has 0 aliphatic rings. The van der Waals surface area contributed by atoms with Gasteiger partial charge in [0.2, 0.25) is 0 Å². The molecular formula is C13H13BrClNOS. The second kappa shape index (κ2) is 6.68. The molecule has 1 unspecified atom stereocenters. The first-order valence-electron chi connectivity index (χ1n) is 5.50. The number of hydrogen-bond donors (Lipinski definition) is 1. The number of halogens is 2. The maximum Gasteiger partial charge on any atom is 0.104 e. The molecule has 0 radical (unpaired) electrons. The average molecular weight is 347 g/mol.